The molecule has 2 saturated heterocycles. The van der Waals surface area contributed by atoms with Gasteiger partial charge < -0.3 is 19.6 Å². The zero-order chi connectivity index (χ0) is 19.3. The molecular formula is C23H28N2O3. The number of aliphatic hydroxyl groups is 1. The van der Waals surface area contributed by atoms with Crippen molar-refractivity contribution in [1.82, 2.24) is 9.80 Å². The lowest BCUT2D eigenvalue weighted by Crippen LogP contribution is -2.53. The predicted molar refractivity (Wildman–Crippen MR) is 109 cm³/mol. The van der Waals surface area contributed by atoms with Crippen LogP contribution in [0.25, 0.3) is 0 Å². The largest absolute Gasteiger partial charge is 0.490 e. The van der Waals surface area contributed by atoms with E-state index in [0.717, 1.165) is 44.6 Å². The fourth-order valence-electron chi connectivity index (χ4n) is 3.85. The number of nitrogens with zero attached hydrogens (tertiary/aromatic N) is 2. The molecule has 148 valence electrons. The molecule has 2 aromatic carbocycles. The first kappa shape index (κ1) is 19.0. The van der Waals surface area contributed by atoms with Crippen LogP contribution in [0.4, 0.5) is 0 Å². The normalized spacial score (nSPS) is 18.7. The zero-order valence-electron chi connectivity index (χ0n) is 16.2. The Morgan fingerprint density at radius 2 is 1.68 bits per heavy atom. The van der Waals surface area contributed by atoms with Crippen molar-refractivity contribution in [2.45, 2.75) is 31.5 Å². The first-order chi connectivity index (χ1) is 13.7. The molecule has 0 bridgehead atoms. The summed E-state index contributed by atoms with van der Waals surface area (Å²) in [4.78, 5) is 16.4. The van der Waals surface area contributed by atoms with Gasteiger partial charge >= 0.3 is 0 Å². The Morgan fingerprint density at radius 1 is 1.00 bits per heavy atom. The Morgan fingerprint density at radius 3 is 2.32 bits per heavy atom. The molecule has 28 heavy (non-hydrogen) atoms. The van der Waals surface area contributed by atoms with Crippen LogP contribution < -0.4 is 4.74 Å². The molecule has 0 aromatic heterocycles. The molecule has 1 amide bonds. The lowest BCUT2D eigenvalue weighted by atomic mass is 10.1. The van der Waals surface area contributed by atoms with Gasteiger partial charge in [0, 0.05) is 38.3 Å². The Bertz CT molecular complexity index is 764. The fourth-order valence-corrected chi connectivity index (χ4v) is 3.85. The number of rotatable bonds is 6. The van der Waals surface area contributed by atoms with E-state index in [1.165, 1.54) is 5.56 Å². The molecule has 1 N–H and O–H groups in total. The standard InChI is InChI=1S/C23H28N2O3/c26-20-16-25(17-20)23(27)19-6-8-21(9-7-19)28-22-11-14-24(15-12-22)13-10-18-4-2-1-3-5-18/h1-9,20,22,26H,10-17H2. The SMILES string of the molecule is O=C(c1ccc(OC2CCN(CCc3ccccc3)CC2)cc1)N1CC(O)C1. The second-order valence-electron chi connectivity index (χ2n) is 7.78. The van der Waals surface area contributed by atoms with E-state index in [1.807, 2.05) is 24.3 Å². The van der Waals surface area contributed by atoms with E-state index in [-0.39, 0.29) is 18.1 Å². The molecule has 2 fully saturated rings. The summed E-state index contributed by atoms with van der Waals surface area (Å²) < 4.78 is 6.13. The van der Waals surface area contributed by atoms with E-state index in [2.05, 4.69) is 35.2 Å². The lowest BCUT2D eigenvalue weighted by molar-refractivity contribution is 0.00589. The topological polar surface area (TPSA) is 53.0 Å². The number of carbonyl (C=O) groups excluding carboxylic acids is 1. The van der Waals surface area contributed by atoms with E-state index < -0.39 is 0 Å². The van der Waals surface area contributed by atoms with Gasteiger partial charge in [0.1, 0.15) is 11.9 Å². The van der Waals surface area contributed by atoms with E-state index in [1.54, 1.807) is 4.90 Å². The van der Waals surface area contributed by atoms with Crippen molar-refractivity contribution in [1.29, 1.82) is 0 Å². The smallest absolute Gasteiger partial charge is 0.254 e. The summed E-state index contributed by atoms with van der Waals surface area (Å²) in [6.07, 6.45) is 3.02. The van der Waals surface area contributed by atoms with Crippen LogP contribution in [0.15, 0.2) is 54.6 Å². The van der Waals surface area contributed by atoms with Crippen LogP contribution >= 0.6 is 0 Å². The molecule has 2 aromatic rings. The molecule has 4 rings (SSSR count). The maximum Gasteiger partial charge on any atom is 0.254 e. The maximum atomic E-state index is 12.2. The molecule has 0 radical (unpaired) electrons. The van der Waals surface area contributed by atoms with Gasteiger partial charge in [0.05, 0.1) is 6.10 Å². The monoisotopic (exact) mass is 380 g/mol. The molecule has 2 aliphatic rings. The summed E-state index contributed by atoms with van der Waals surface area (Å²) in [5.74, 6) is 0.798. The van der Waals surface area contributed by atoms with Crippen LogP contribution in [0, 0.1) is 0 Å². The molecule has 5 heteroatoms. The number of β-amino-alcohol motifs (C(OH)–C–C–N with tert-alkyl or cyclic N) is 1. The number of benzene rings is 2. The van der Waals surface area contributed by atoms with Gasteiger partial charge in [-0.1, -0.05) is 30.3 Å². The summed E-state index contributed by atoms with van der Waals surface area (Å²) in [6, 6.07) is 18.0. The van der Waals surface area contributed by atoms with E-state index in [4.69, 9.17) is 4.74 Å². The molecule has 0 atom stereocenters. The highest BCUT2D eigenvalue weighted by Gasteiger charge is 2.29. The van der Waals surface area contributed by atoms with E-state index >= 15 is 0 Å². The third kappa shape index (κ3) is 4.72. The number of amides is 1. The molecule has 0 unspecified atom stereocenters. The van der Waals surface area contributed by atoms with E-state index in [9.17, 15) is 9.90 Å². The van der Waals surface area contributed by atoms with Gasteiger partial charge in [-0.3, -0.25) is 4.79 Å². The van der Waals surface area contributed by atoms with Crippen LogP contribution in [0.2, 0.25) is 0 Å². The van der Waals surface area contributed by atoms with Crippen molar-refractivity contribution in [3.8, 4) is 5.75 Å². The summed E-state index contributed by atoms with van der Waals surface area (Å²) >= 11 is 0. The molecule has 2 aliphatic heterocycles. The predicted octanol–water partition coefficient (Wildman–Crippen LogP) is 2.59. The number of piperidine rings is 1. The molecule has 0 saturated carbocycles. The average molecular weight is 380 g/mol. The number of hydrogen-bond acceptors (Lipinski definition) is 4. The highest BCUT2D eigenvalue weighted by molar-refractivity contribution is 5.94. The highest BCUT2D eigenvalue weighted by atomic mass is 16.5. The van der Waals surface area contributed by atoms with Crippen LogP contribution in [0.1, 0.15) is 28.8 Å². The van der Waals surface area contributed by atoms with E-state index in [0.29, 0.717) is 18.7 Å². The number of likely N-dealkylation sites (tertiary alicyclic amines) is 2. The number of aliphatic hydroxyl groups excluding tert-OH is 1. The van der Waals surface area contributed by atoms with Gasteiger partial charge in [-0.2, -0.15) is 0 Å². The molecule has 2 heterocycles. The minimum absolute atomic E-state index is 0.0245. The summed E-state index contributed by atoms with van der Waals surface area (Å²) in [7, 11) is 0. The summed E-state index contributed by atoms with van der Waals surface area (Å²) in [5.41, 5.74) is 2.04. The van der Waals surface area contributed by atoms with Crippen molar-refractivity contribution >= 4 is 5.91 Å². The minimum atomic E-state index is -0.370. The Kier molecular flexibility index (Phi) is 5.93. The highest BCUT2D eigenvalue weighted by Crippen LogP contribution is 2.21. The maximum absolute atomic E-state index is 12.2. The Hall–Kier alpha value is -2.37. The number of hydrogen-bond donors (Lipinski definition) is 1. The molecule has 5 nitrogen and oxygen atoms in total. The first-order valence-electron chi connectivity index (χ1n) is 10.2. The Labute approximate surface area is 166 Å². The van der Waals surface area contributed by atoms with Gasteiger partial charge in [0.2, 0.25) is 0 Å². The third-order valence-corrected chi connectivity index (χ3v) is 5.65. The van der Waals surface area contributed by atoms with Gasteiger partial charge in [-0.25, -0.2) is 0 Å². The quantitative estimate of drug-likeness (QED) is 0.837. The second-order valence-corrected chi connectivity index (χ2v) is 7.78. The third-order valence-electron chi connectivity index (χ3n) is 5.65. The van der Waals surface area contributed by atoms with Gasteiger partial charge in [-0.05, 0) is 49.1 Å². The number of carbonyl (C=O) groups is 1. The summed E-state index contributed by atoms with van der Waals surface area (Å²) in [5, 5.41) is 9.33. The van der Waals surface area contributed by atoms with Crippen LogP contribution in [-0.2, 0) is 6.42 Å². The molecule has 0 aliphatic carbocycles. The van der Waals surface area contributed by atoms with Crippen LogP contribution in [-0.4, -0.2) is 65.7 Å². The van der Waals surface area contributed by atoms with Crippen molar-refractivity contribution in [2.24, 2.45) is 0 Å². The number of ether oxygens (including phenoxy) is 1. The van der Waals surface area contributed by atoms with Gasteiger partial charge in [-0.15, -0.1) is 0 Å². The zero-order valence-corrected chi connectivity index (χ0v) is 16.2. The molecule has 0 spiro atoms. The van der Waals surface area contributed by atoms with Crippen molar-refractivity contribution < 1.29 is 14.6 Å². The van der Waals surface area contributed by atoms with Gasteiger partial charge in [0.15, 0.2) is 0 Å². The van der Waals surface area contributed by atoms with Gasteiger partial charge in [0.25, 0.3) is 5.91 Å². The van der Waals surface area contributed by atoms with Crippen molar-refractivity contribution in [3.63, 3.8) is 0 Å². The Balaban J connectivity index is 1.21. The van der Waals surface area contributed by atoms with Crippen molar-refractivity contribution in [3.05, 3.63) is 65.7 Å². The molecular weight excluding hydrogens is 352 g/mol. The second kappa shape index (κ2) is 8.76. The average Bonchev–Trinajstić information content (AvgIpc) is 2.72. The van der Waals surface area contributed by atoms with Crippen LogP contribution in [0.3, 0.4) is 0 Å². The van der Waals surface area contributed by atoms with Crippen LogP contribution in [0.5, 0.6) is 5.75 Å². The minimum Gasteiger partial charge on any atom is -0.490 e. The fraction of sp³-hybridized carbons (Fsp3) is 0.435. The van der Waals surface area contributed by atoms with Crippen molar-refractivity contribution in [2.75, 3.05) is 32.7 Å². The lowest BCUT2D eigenvalue weighted by Gasteiger charge is -2.35. The summed E-state index contributed by atoms with van der Waals surface area (Å²) in [6.45, 7) is 4.08. The first-order valence-corrected chi connectivity index (χ1v) is 10.2.